The lowest BCUT2D eigenvalue weighted by molar-refractivity contribution is 0.178. The monoisotopic (exact) mass is 406 g/mol. The average Bonchev–Trinajstić information content (AvgIpc) is 3.12. The molecule has 1 heterocycles. The van der Waals surface area contributed by atoms with Crippen LogP contribution in [0.1, 0.15) is 40.5 Å². The maximum absolute atomic E-state index is 5.92. The minimum Gasteiger partial charge on any atom is -0.357 e. The van der Waals surface area contributed by atoms with Gasteiger partial charge in [-0.1, -0.05) is 16.8 Å². The number of nitrogens with zero attached hydrogens (tertiary/aromatic N) is 4. The smallest absolute Gasteiger partial charge is 0.248 e. The fourth-order valence-corrected chi connectivity index (χ4v) is 3.07. The van der Waals surface area contributed by atoms with Gasteiger partial charge in [-0.25, -0.2) is 4.99 Å². The van der Waals surface area contributed by atoms with Gasteiger partial charge in [-0.3, -0.25) is 4.90 Å². The maximum Gasteiger partial charge on any atom is 0.248 e. The van der Waals surface area contributed by atoms with Crippen LogP contribution in [0.15, 0.2) is 33.8 Å². The number of benzene rings is 1. The fraction of sp³-hybridized carbons (Fsp3) is 0.550. The summed E-state index contributed by atoms with van der Waals surface area (Å²) in [7, 11) is 0. The molecule has 0 saturated carbocycles. The van der Waals surface area contributed by atoms with E-state index >= 15 is 0 Å². The van der Waals surface area contributed by atoms with Crippen molar-refractivity contribution >= 4 is 17.6 Å². The van der Waals surface area contributed by atoms with Gasteiger partial charge in [-0.15, -0.1) is 0 Å². The Balaban J connectivity index is 1.94. The van der Waals surface area contributed by atoms with Gasteiger partial charge in [-0.05, 0) is 58.9 Å². The van der Waals surface area contributed by atoms with Gasteiger partial charge in [0.1, 0.15) is 6.54 Å². The highest BCUT2D eigenvalue weighted by atomic mass is 35.5. The van der Waals surface area contributed by atoms with E-state index in [0.29, 0.717) is 35.4 Å². The molecule has 0 radical (unpaired) electrons. The number of aromatic nitrogens is 2. The quantitative estimate of drug-likeness (QED) is 0.489. The predicted octanol–water partition coefficient (Wildman–Crippen LogP) is 3.56. The van der Waals surface area contributed by atoms with Crippen molar-refractivity contribution in [2.75, 3.05) is 19.6 Å². The van der Waals surface area contributed by atoms with Gasteiger partial charge >= 0.3 is 0 Å². The molecule has 154 valence electrons. The molecule has 0 aliphatic heterocycles. The molecule has 28 heavy (non-hydrogen) atoms. The van der Waals surface area contributed by atoms with Crippen molar-refractivity contribution in [1.29, 1.82) is 0 Å². The standard InChI is InChI=1S/C20H31ClN6O/c1-6-22-20(23-11-12-27(14(2)3)15(4)5)24-13-18-25-19(26-28-18)16-7-9-17(21)10-8-16/h7-10,14-15H,6,11-13H2,1-5H3,(H2,22,23,24). The van der Waals surface area contributed by atoms with E-state index < -0.39 is 0 Å². The van der Waals surface area contributed by atoms with E-state index in [0.717, 1.165) is 31.2 Å². The normalized spacial score (nSPS) is 12.2. The molecule has 1 aromatic carbocycles. The topological polar surface area (TPSA) is 78.6 Å². The highest BCUT2D eigenvalue weighted by molar-refractivity contribution is 6.30. The van der Waals surface area contributed by atoms with Crippen LogP contribution < -0.4 is 10.6 Å². The molecular formula is C20H31ClN6O. The first-order valence-electron chi connectivity index (χ1n) is 9.77. The Bertz CT molecular complexity index is 733. The lowest BCUT2D eigenvalue weighted by atomic mass is 10.2. The predicted molar refractivity (Wildman–Crippen MR) is 115 cm³/mol. The maximum atomic E-state index is 5.92. The van der Waals surface area contributed by atoms with E-state index in [1.54, 1.807) is 12.1 Å². The molecule has 0 fully saturated rings. The molecule has 2 rings (SSSR count). The molecule has 0 aliphatic carbocycles. The first-order valence-corrected chi connectivity index (χ1v) is 10.1. The Morgan fingerprint density at radius 2 is 1.82 bits per heavy atom. The molecule has 2 aromatic rings. The minimum atomic E-state index is 0.313. The van der Waals surface area contributed by atoms with Crippen molar-refractivity contribution in [1.82, 2.24) is 25.7 Å². The molecule has 2 N–H and O–H groups in total. The van der Waals surface area contributed by atoms with Gasteiger partial charge in [0.2, 0.25) is 11.7 Å². The zero-order valence-electron chi connectivity index (χ0n) is 17.4. The van der Waals surface area contributed by atoms with Gasteiger partial charge in [0, 0.05) is 42.3 Å². The second kappa shape index (κ2) is 11.0. The SMILES string of the molecule is CCNC(=NCc1nc(-c2ccc(Cl)cc2)no1)NCCN(C(C)C)C(C)C. The molecule has 0 bridgehead atoms. The van der Waals surface area contributed by atoms with Gasteiger partial charge in [0.25, 0.3) is 0 Å². The fourth-order valence-electron chi connectivity index (χ4n) is 2.94. The third-order valence-electron chi connectivity index (χ3n) is 4.28. The molecule has 0 aliphatic rings. The molecule has 0 atom stereocenters. The van der Waals surface area contributed by atoms with Crippen LogP contribution in [0.2, 0.25) is 5.02 Å². The van der Waals surface area contributed by atoms with E-state index in [1.165, 1.54) is 0 Å². The number of nitrogens with one attached hydrogen (secondary N) is 2. The summed E-state index contributed by atoms with van der Waals surface area (Å²) in [5, 5.41) is 11.3. The number of aliphatic imine (C=N–C) groups is 1. The average molecular weight is 407 g/mol. The number of hydrogen-bond acceptors (Lipinski definition) is 5. The van der Waals surface area contributed by atoms with Crippen molar-refractivity contribution in [2.24, 2.45) is 4.99 Å². The Kier molecular flexibility index (Phi) is 8.73. The minimum absolute atomic E-state index is 0.313. The summed E-state index contributed by atoms with van der Waals surface area (Å²) in [4.78, 5) is 11.4. The van der Waals surface area contributed by atoms with E-state index in [9.17, 15) is 0 Å². The molecule has 7 nitrogen and oxygen atoms in total. The zero-order chi connectivity index (χ0) is 20.5. The number of halogens is 1. The number of hydrogen-bond donors (Lipinski definition) is 2. The van der Waals surface area contributed by atoms with Crippen molar-refractivity contribution < 1.29 is 4.52 Å². The third-order valence-corrected chi connectivity index (χ3v) is 4.53. The van der Waals surface area contributed by atoms with E-state index in [-0.39, 0.29) is 0 Å². The van der Waals surface area contributed by atoms with E-state index in [2.05, 4.69) is 58.4 Å². The molecule has 0 spiro atoms. The van der Waals surface area contributed by atoms with Crippen LogP contribution in [0.5, 0.6) is 0 Å². The second-order valence-electron chi connectivity index (χ2n) is 7.07. The zero-order valence-corrected chi connectivity index (χ0v) is 18.1. The van der Waals surface area contributed by atoms with Gasteiger partial charge in [-0.2, -0.15) is 4.98 Å². The molecule has 0 saturated heterocycles. The Hall–Kier alpha value is -2.12. The highest BCUT2D eigenvalue weighted by Gasteiger charge is 2.13. The summed E-state index contributed by atoms with van der Waals surface area (Å²) in [5.41, 5.74) is 0.857. The Morgan fingerprint density at radius 1 is 1.14 bits per heavy atom. The first kappa shape index (κ1) is 22.2. The molecule has 0 amide bonds. The number of rotatable bonds is 9. The third kappa shape index (κ3) is 6.80. The Labute approximate surface area is 172 Å². The van der Waals surface area contributed by atoms with Gasteiger partial charge < -0.3 is 15.2 Å². The van der Waals surface area contributed by atoms with Crippen LogP contribution in [0.25, 0.3) is 11.4 Å². The Morgan fingerprint density at radius 3 is 2.43 bits per heavy atom. The summed E-state index contributed by atoms with van der Waals surface area (Å²) < 4.78 is 5.32. The summed E-state index contributed by atoms with van der Waals surface area (Å²) in [6.07, 6.45) is 0. The van der Waals surface area contributed by atoms with Crippen molar-refractivity contribution in [3.8, 4) is 11.4 Å². The first-order chi connectivity index (χ1) is 13.4. The lowest BCUT2D eigenvalue weighted by Crippen LogP contribution is -2.45. The van der Waals surface area contributed by atoms with Gasteiger partial charge in [0.15, 0.2) is 5.96 Å². The van der Waals surface area contributed by atoms with E-state index in [4.69, 9.17) is 16.1 Å². The van der Waals surface area contributed by atoms with Crippen molar-refractivity contribution in [3.05, 3.63) is 35.2 Å². The van der Waals surface area contributed by atoms with Crippen molar-refractivity contribution in [2.45, 2.75) is 53.2 Å². The van der Waals surface area contributed by atoms with Crippen LogP contribution in [-0.2, 0) is 6.54 Å². The van der Waals surface area contributed by atoms with Crippen LogP contribution in [0.4, 0.5) is 0 Å². The van der Waals surface area contributed by atoms with Crippen LogP contribution in [0.3, 0.4) is 0 Å². The van der Waals surface area contributed by atoms with Gasteiger partial charge in [0.05, 0.1) is 0 Å². The highest BCUT2D eigenvalue weighted by Crippen LogP contribution is 2.18. The largest absolute Gasteiger partial charge is 0.357 e. The molecular weight excluding hydrogens is 376 g/mol. The van der Waals surface area contributed by atoms with Crippen LogP contribution >= 0.6 is 11.6 Å². The molecule has 1 aromatic heterocycles. The van der Waals surface area contributed by atoms with Crippen molar-refractivity contribution in [3.63, 3.8) is 0 Å². The van der Waals surface area contributed by atoms with E-state index in [1.807, 2.05) is 19.1 Å². The molecule has 0 unspecified atom stereocenters. The lowest BCUT2D eigenvalue weighted by Gasteiger charge is -2.30. The summed E-state index contributed by atoms with van der Waals surface area (Å²) in [6, 6.07) is 8.34. The number of guanidine groups is 1. The summed E-state index contributed by atoms with van der Waals surface area (Å²) in [6.45, 7) is 13.7. The van der Waals surface area contributed by atoms with Crippen LogP contribution in [0, 0.1) is 0 Å². The molecule has 8 heteroatoms. The summed E-state index contributed by atoms with van der Waals surface area (Å²) >= 11 is 5.92. The van der Waals surface area contributed by atoms with Crippen LogP contribution in [-0.4, -0.2) is 52.7 Å². The summed E-state index contributed by atoms with van der Waals surface area (Å²) in [5.74, 6) is 1.73. The second-order valence-corrected chi connectivity index (χ2v) is 7.50.